The van der Waals surface area contributed by atoms with Crippen LogP contribution in [0, 0.1) is 5.82 Å². The molecule has 0 saturated carbocycles. The number of ether oxygens (including phenoxy) is 1. The van der Waals surface area contributed by atoms with Gasteiger partial charge in [0.1, 0.15) is 18.2 Å². The minimum atomic E-state index is -0.930. The van der Waals surface area contributed by atoms with Crippen molar-refractivity contribution in [3.63, 3.8) is 0 Å². The van der Waals surface area contributed by atoms with Gasteiger partial charge in [0, 0.05) is 0 Å². The third-order valence-electron chi connectivity index (χ3n) is 4.83. The highest BCUT2D eigenvalue weighted by atomic mass is 19.1. The first-order valence-corrected chi connectivity index (χ1v) is 9.32. The van der Waals surface area contributed by atoms with E-state index in [1.54, 1.807) is 18.2 Å². The molecule has 0 bridgehead atoms. The molecule has 0 aliphatic heterocycles. The lowest BCUT2D eigenvalue weighted by Gasteiger charge is -2.18. The maximum absolute atomic E-state index is 13.9. The Labute approximate surface area is 164 Å². The van der Waals surface area contributed by atoms with E-state index in [0.717, 1.165) is 16.7 Å². The summed E-state index contributed by atoms with van der Waals surface area (Å²) in [5, 5.41) is 9.34. The summed E-state index contributed by atoms with van der Waals surface area (Å²) in [6.07, 6.45) is 1.29. The average molecular weight is 378 g/mol. The van der Waals surface area contributed by atoms with Crippen molar-refractivity contribution < 1.29 is 19.0 Å². The maximum atomic E-state index is 13.9. The molecule has 0 radical (unpaired) electrons. The number of hydrogen-bond acceptors (Lipinski definition) is 2. The summed E-state index contributed by atoms with van der Waals surface area (Å²) in [6, 6.07) is 21.4. The minimum Gasteiger partial charge on any atom is -0.489 e. The van der Waals surface area contributed by atoms with E-state index in [2.05, 4.69) is 0 Å². The lowest BCUT2D eigenvalue weighted by atomic mass is 9.92. The first kappa shape index (κ1) is 19.6. The third kappa shape index (κ3) is 4.97. The monoisotopic (exact) mass is 378 g/mol. The van der Waals surface area contributed by atoms with Crippen molar-refractivity contribution >= 4 is 5.97 Å². The number of halogens is 1. The number of carbonyl (C=O) groups is 1. The van der Waals surface area contributed by atoms with E-state index < -0.39 is 5.97 Å². The molecule has 0 fully saturated rings. The van der Waals surface area contributed by atoms with Gasteiger partial charge in [-0.25, -0.2) is 9.18 Å². The highest BCUT2D eigenvalue weighted by Crippen LogP contribution is 2.31. The summed E-state index contributed by atoms with van der Waals surface area (Å²) >= 11 is 0. The first-order valence-electron chi connectivity index (χ1n) is 9.32. The van der Waals surface area contributed by atoms with Crippen LogP contribution in [0.5, 0.6) is 5.75 Å². The van der Waals surface area contributed by atoms with E-state index in [1.807, 2.05) is 49.4 Å². The summed E-state index contributed by atoms with van der Waals surface area (Å²) in [4.78, 5) is 11.4. The van der Waals surface area contributed by atoms with Crippen molar-refractivity contribution in [3.05, 3.63) is 101 Å². The second-order valence-electron chi connectivity index (χ2n) is 6.86. The molecule has 3 aromatic rings. The van der Waals surface area contributed by atoms with Crippen LogP contribution in [-0.2, 0) is 13.0 Å². The Kier molecular flexibility index (Phi) is 6.43. The SMILES string of the molecule is CC(CCc1ccccc1C(=O)O)c1cc(F)ccc1OCc1ccccc1. The predicted molar refractivity (Wildman–Crippen MR) is 107 cm³/mol. The molecule has 0 aliphatic rings. The fourth-order valence-electron chi connectivity index (χ4n) is 3.25. The molecule has 1 unspecified atom stereocenters. The lowest BCUT2D eigenvalue weighted by Crippen LogP contribution is -2.06. The Morgan fingerprint density at radius 3 is 2.50 bits per heavy atom. The van der Waals surface area contributed by atoms with Crippen molar-refractivity contribution in [3.8, 4) is 5.75 Å². The van der Waals surface area contributed by atoms with Gasteiger partial charge in [0.15, 0.2) is 0 Å². The average Bonchev–Trinajstić information content (AvgIpc) is 2.72. The quantitative estimate of drug-likeness (QED) is 0.536. The van der Waals surface area contributed by atoms with Crippen LogP contribution in [-0.4, -0.2) is 11.1 Å². The molecule has 3 aromatic carbocycles. The summed E-state index contributed by atoms with van der Waals surface area (Å²) in [6.45, 7) is 2.42. The van der Waals surface area contributed by atoms with E-state index in [-0.39, 0.29) is 11.7 Å². The normalized spacial score (nSPS) is 11.8. The molecule has 1 N–H and O–H groups in total. The van der Waals surface area contributed by atoms with Crippen LogP contribution >= 0.6 is 0 Å². The fraction of sp³-hybridized carbons (Fsp3) is 0.208. The van der Waals surface area contributed by atoms with E-state index in [4.69, 9.17) is 4.74 Å². The van der Waals surface area contributed by atoms with Gasteiger partial charge < -0.3 is 9.84 Å². The van der Waals surface area contributed by atoms with E-state index in [0.29, 0.717) is 30.8 Å². The topological polar surface area (TPSA) is 46.5 Å². The molecule has 144 valence electrons. The van der Waals surface area contributed by atoms with Crippen molar-refractivity contribution in [2.24, 2.45) is 0 Å². The van der Waals surface area contributed by atoms with E-state index in [9.17, 15) is 14.3 Å². The van der Waals surface area contributed by atoms with Crippen molar-refractivity contribution in [2.45, 2.75) is 32.3 Å². The van der Waals surface area contributed by atoms with Gasteiger partial charge in [-0.05, 0) is 59.7 Å². The van der Waals surface area contributed by atoms with Gasteiger partial charge >= 0.3 is 5.97 Å². The number of benzene rings is 3. The number of aromatic carboxylic acids is 1. The Hall–Kier alpha value is -3.14. The van der Waals surface area contributed by atoms with Crippen molar-refractivity contribution in [1.29, 1.82) is 0 Å². The van der Waals surface area contributed by atoms with Gasteiger partial charge in [0.25, 0.3) is 0 Å². The summed E-state index contributed by atoms with van der Waals surface area (Å²) in [5.74, 6) is -0.562. The predicted octanol–water partition coefficient (Wildman–Crippen LogP) is 5.84. The first-order chi connectivity index (χ1) is 13.5. The van der Waals surface area contributed by atoms with Gasteiger partial charge in [-0.15, -0.1) is 0 Å². The molecule has 28 heavy (non-hydrogen) atoms. The number of carboxylic acid groups (broad SMARTS) is 1. The van der Waals surface area contributed by atoms with Crippen LogP contribution in [0.2, 0.25) is 0 Å². The van der Waals surface area contributed by atoms with Gasteiger partial charge in [0.2, 0.25) is 0 Å². The molecular weight excluding hydrogens is 355 g/mol. The summed E-state index contributed by atoms with van der Waals surface area (Å²) < 4.78 is 19.8. The standard InChI is InChI=1S/C24H23FO3/c1-17(11-12-19-9-5-6-10-21(19)24(26)27)22-15-20(25)13-14-23(22)28-16-18-7-3-2-4-8-18/h2-10,13-15,17H,11-12,16H2,1H3,(H,26,27). The van der Waals surface area contributed by atoms with Crippen LogP contribution < -0.4 is 4.74 Å². The van der Waals surface area contributed by atoms with Crippen molar-refractivity contribution in [1.82, 2.24) is 0 Å². The molecule has 3 nitrogen and oxygen atoms in total. The molecule has 0 amide bonds. The molecule has 0 spiro atoms. The van der Waals surface area contributed by atoms with Crippen LogP contribution in [0.3, 0.4) is 0 Å². The molecule has 0 heterocycles. The smallest absolute Gasteiger partial charge is 0.335 e. The second-order valence-corrected chi connectivity index (χ2v) is 6.86. The fourth-order valence-corrected chi connectivity index (χ4v) is 3.25. The number of hydrogen-bond donors (Lipinski definition) is 1. The minimum absolute atomic E-state index is 0.0170. The Morgan fingerprint density at radius 1 is 1.04 bits per heavy atom. The molecular formula is C24H23FO3. The highest BCUT2D eigenvalue weighted by Gasteiger charge is 2.16. The Morgan fingerprint density at radius 2 is 1.75 bits per heavy atom. The van der Waals surface area contributed by atoms with E-state index >= 15 is 0 Å². The zero-order chi connectivity index (χ0) is 19.9. The van der Waals surface area contributed by atoms with Crippen LogP contribution in [0.4, 0.5) is 4.39 Å². The highest BCUT2D eigenvalue weighted by molar-refractivity contribution is 5.89. The zero-order valence-corrected chi connectivity index (χ0v) is 15.8. The molecule has 0 aromatic heterocycles. The lowest BCUT2D eigenvalue weighted by molar-refractivity contribution is 0.0695. The van der Waals surface area contributed by atoms with Gasteiger partial charge in [-0.2, -0.15) is 0 Å². The third-order valence-corrected chi connectivity index (χ3v) is 4.83. The van der Waals surface area contributed by atoms with Crippen LogP contribution in [0.25, 0.3) is 0 Å². The number of carboxylic acids is 1. The van der Waals surface area contributed by atoms with Crippen LogP contribution in [0.15, 0.2) is 72.8 Å². The Balaban J connectivity index is 1.73. The van der Waals surface area contributed by atoms with Gasteiger partial charge in [-0.1, -0.05) is 55.5 Å². The molecule has 0 aliphatic carbocycles. The molecule has 4 heteroatoms. The van der Waals surface area contributed by atoms with Gasteiger partial charge in [-0.3, -0.25) is 0 Å². The maximum Gasteiger partial charge on any atom is 0.335 e. The number of aryl methyl sites for hydroxylation is 1. The molecule has 0 saturated heterocycles. The molecule has 1 atom stereocenters. The zero-order valence-electron chi connectivity index (χ0n) is 15.8. The summed E-state index contributed by atoms with van der Waals surface area (Å²) in [7, 11) is 0. The van der Waals surface area contributed by atoms with E-state index in [1.165, 1.54) is 12.1 Å². The van der Waals surface area contributed by atoms with Crippen LogP contribution in [0.1, 0.15) is 46.3 Å². The molecule has 3 rings (SSSR count). The number of rotatable bonds is 8. The second kappa shape index (κ2) is 9.18. The Bertz CT molecular complexity index is 938. The largest absolute Gasteiger partial charge is 0.489 e. The van der Waals surface area contributed by atoms with Crippen molar-refractivity contribution in [2.75, 3.05) is 0 Å². The van der Waals surface area contributed by atoms with Gasteiger partial charge in [0.05, 0.1) is 5.56 Å². The summed E-state index contributed by atoms with van der Waals surface area (Å²) in [5.41, 5.74) is 2.93.